The first-order valence-electron chi connectivity index (χ1n) is 12.0. The van der Waals surface area contributed by atoms with E-state index in [1.807, 2.05) is 24.3 Å². The number of hydrogen-bond acceptors (Lipinski definition) is 4. The topological polar surface area (TPSA) is 68.3 Å². The van der Waals surface area contributed by atoms with Gasteiger partial charge in [-0.2, -0.15) is 0 Å². The van der Waals surface area contributed by atoms with Crippen molar-refractivity contribution in [2.24, 2.45) is 0 Å². The van der Waals surface area contributed by atoms with Crippen LogP contribution in [0.1, 0.15) is 22.3 Å². The summed E-state index contributed by atoms with van der Waals surface area (Å²) in [6.07, 6.45) is 1.56. The number of hydrogen-bond donors (Lipinski definition) is 0. The second-order valence-electron chi connectivity index (χ2n) is 8.29. The average molecular weight is 559 g/mol. The van der Waals surface area contributed by atoms with Crippen LogP contribution in [-0.4, -0.2) is 22.6 Å². The van der Waals surface area contributed by atoms with Crippen LogP contribution in [0.15, 0.2) is 130 Å². The molecule has 0 aliphatic heterocycles. The van der Waals surface area contributed by atoms with Crippen LogP contribution in [-0.2, 0) is 19.7 Å². The van der Waals surface area contributed by atoms with Gasteiger partial charge in [0.05, 0.1) is 15.2 Å². The molecule has 4 aromatic carbocycles. The van der Waals surface area contributed by atoms with Gasteiger partial charge in [-0.25, -0.2) is 16.8 Å². The summed E-state index contributed by atoms with van der Waals surface area (Å²) in [6.45, 7) is 0. The van der Waals surface area contributed by atoms with Crippen LogP contribution in [0.2, 0.25) is 0 Å². The second-order valence-corrected chi connectivity index (χ2v) is 12.1. The third kappa shape index (κ3) is 7.75. The molecule has 0 radical (unpaired) electrons. The molecule has 0 N–H and O–H groups in total. The van der Waals surface area contributed by atoms with Crippen molar-refractivity contribution < 1.29 is 16.8 Å². The van der Waals surface area contributed by atoms with E-state index in [1.54, 1.807) is 78.9 Å². The van der Waals surface area contributed by atoms with E-state index in [1.165, 1.54) is 12.1 Å². The SMILES string of the molecule is O=S(=O)(C=C=Cc1ccccc1C#CC#Cc1ccccc1C#CCS(=O)(=O)c1ccccc1)c1ccccc1. The van der Waals surface area contributed by atoms with Gasteiger partial charge in [0.15, 0.2) is 9.84 Å². The normalized spacial score (nSPS) is 10.3. The zero-order chi connectivity index (χ0) is 28.3. The highest BCUT2D eigenvalue weighted by atomic mass is 32.2. The molecule has 0 aromatic heterocycles. The molecule has 0 unspecified atom stereocenters. The lowest BCUT2D eigenvalue weighted by molar-refractivity contribution is 0.599. The molecule has 194 valence electrons. The molecular formula is C34H22O4S2. The minimum atomic E-state index is -3.60. The van der Waals surface area contributed by atoms with E-state index >= 15 is 0 Å². The third-order valence-electron chi connectivity index (χ3n) is 5.47. The van der Waals surface area contributed by atoms with E-state index in [2.05, 4.69) is 41.3 Å². The lowest BCUT2D eigenvalue weighted by Gasteiger charge is -1.99. The smallest absolute Gasteiger partial charge is 0.207 e. The molecule has 0 fully saturated rings. The maximum Gasteiger partial charge on any atom is 0.207 e. The summed E-state index contributed by atoms with van der Waals surface area (Å²) in [4.78, 5) is 0.429. The molecule has 0 saturated heterocycles. The van der Waals surface area contributed by atoms with Crippen LogP contribution in [0.4, 0.5) is 0 Å². The highest BCUT2D eigenvalue weighted by molar-refractivity contribution is 7.94. The Bertz CT molecular complexity index is 1980. The molecule has 0 spiro atoms. The Kier molecular flexibility index (Phi) is 9.22. The average Bonchev–Trinajstić information content (AvgIpc) is 2.97. The molecule has 4 rings (SSSR count). The van der Waals surface area contributed by atoms with Crippen molar-refractivity contribution in [3.63, 3.8) is 0 Å². The molecule has 0 saturated carbocycles. The van der Waals surface area contributed by atoms with Gasteiger partial charge in [-0.1, -0.05) is 90.4 Å². The van der Waals surface area contributed by atoms with Gasteiger partial charge >= 0.3 is 0 Å². The Morgan fingerprint density at radius 2 is 1.05 bits per heavy atom. The van der Waals surface area contributed by atoms with Crippen LogP contribution < -0.4 is 0 Å². The summed E-state index contributed by atoms with van der Waals surface area (Å²) < 4.78 is 49.8. The molecular weight excluding hydrogens is 537 g/mol. The third-order valence-corrected chi connectivity index (χ3v) is 8.36. The lowest BCUT2D eigenvalue weighted by Crippen LogP contribution is -2.04. The van der Waals surface area contributed by atoms with Crippen molar-refractivity contribution >= 4 is 25.8 Å². The molecule has 40 heavy (non-hydrogen) atoms. The fourth-order valence-corrected chi connectivity index (χ4v) is 5.38. The second kappa shape index (κ2) is 13.2. The predicted octanol–water partition coefficient (Wildman–Crippen LogP) is 5.51. The molecule has 0 aliphatic rings. The zero-order valence-electron chi connectivity index (χ0n) is 21.2. The highest BCUT2D eigenvalue weighted by Crippen LogP contribution is 2.13. The van der Waals surface area contributed by atoms with E-state index in [0.29, 0.717) is 22.3 Å². The van der Waals surface area contributed by atoms with Crippen molar-refractivity contribution in [3.05, 3.63) is 143 Å². The van der Waals surface area contributed by atoms with Gasteiger partial charge in [0, 0.05) is 16.7 Å². The van der Waals surface area contributed by atoms with Gasteiger partial charge in [-0.05, 0) is 65.9 Å². The summed E-state index contributed by atoms with van der Waals surface area (Å²) >= 11 is 0. The van der Waals surface area contributed by atoms with Crippen molar-refractivity contribution in [3.8, 4) is 35.5 Å². The van der Waals surface area contributed by atoms with Crippen molar-refractivity contribution in [1.29, 1.82) is 0 Å². The number of rotatable bonds is 5. The first kappa shape index (κ1) is 28.0. The van der Waals surface area contributed by atoms with E-state index < -0.39 is 19.7 Å². The van der Waals surface area contributed by atoms with Gasteiger partial charge in [-0.3, -0.25) is 0 Å². The molecule has 0 heterocycles. The molecule has 0 aliphatic carbocycles. The fraction of sp³-hybridized carbons (Fsp3) is 0.0294. The molecule has 4 aromatic rings. The molecule has 0 amide bonds. The van der Waals surface area contributed by atoms with Crippen LogP contribution in [0.5, 0.6) is 0 Å². The van der Waals surface area contributed by atoms with Gasteiger partial charge < -0.3 is 0 Å². The van der Waals surface area contributed by atoms with Gasteiger partial charge in [0.2, 0.25) is 9.84 Å². The summed E-state index contributed by atoms with van der Waals surface area (Å²) in [5.74, 6) is 17.0. The van der Waals surface area contributed by atoms with Crippen molar-refractivity contribution in [2.75, 3.05) is 5.75 Å². The van der Waals surface area contributed by atoms with E-state index in [0.717, 1.165) is 5.41 Å². The predicted molar refractivity (Wildman–Crippen MR) is 158 cm³/mol. The first-order valence-corrected chi connectivity index (χ1v) is 15.2. The maximum atomic E-state index is 12.5. The summed E-state index contributed by atoms with van der Waals surface area (Å²) in [6, 6.07) is 30.8. The summed E-state index contributed by atoms with van der Waals surface area (Å²) in [5, 5.41) is 1.04. The maximum absolute atomic E-state index is 12.5. The Balaban J connectivity index is 1.52. The van der Waals surface area contributed by atoms with Crippen LogP contribution in [0.3, 0.4) is 0 Å². The van der Waals surface area contributed by atoms with E-state index in [9.17, 15) is 16.8 Å². The van der Waals surface area contributed by atoms with E-state index in [4.69, 9.17) is 0 Å². The van der Waals surface area contributed by atoms with Crippen molar-refractivity contribution in [1.82, 2.24) is 0 Å². The summed E-state index contributed by atoms with van der Waals surface area (Å²) in [7, 11) is -7.10. The Hall–Kier alpha value is -5.02. The fourth-order valence-electron chi connectivity index (χ4n) is 3.46. The largest absolute Gasteiger partial charge is 0.223 e. The highest BCUT2D eigenvalue weighted by Gasteiger charge is 2.11. The monoisotopic (exact) mass is 558 g/mol. The Morgan fingerprint density at radius 1 is 0.550 bits per heavy atom. The molecule has 0 atom stereocenters. The van der Waals surface area contributed by atoms with E-state index in [-0.39, 0.29) is 15.5 Å². The standard InChI is InChI=1S/C34H22O4S2/c35-39(36,33-23-3-1-4-24-33)27-13-21-31-19-11-9-17-29(31)15-7-8-16-30-18-10-12-20-32(30)22-14-28-40(37,38)34-25-5-2-6-26-34/h1-6,9-12,17-21,23-27H,28H2. The zero-order valence-corrected chi connectivity index (χ0v) is 22.8. The van der Waals surface area contributed by atoms with Gasteiger partial charge in [-0.15, -0.1) is 5.73 Å². The summed E-state index contributed by atoms with van der Waals surface area (Å²) in [5.41, 5.74) is 5.34. The van der Waals surface area contributed by atoms with Gasteiger partial charge in [0.25, 0.3) is 0 Å². The Morgan fingerprint density at radius 3 is 1.70 bits per heavy atom. The van der Waals surface area contributed by atoms with Crippen LogP contribution >= 0.6 is 0 Å². The number of benzene rings is 4. The van der Waals surface area contributed by atoms with Gasteiger partial charge in [0.1, 0.15) is 5.75 Å². The molecule has 6 heteroatoms. The van der Waals surface area contributed by atoms with Crippen molar-refractivity contribution in [2.45, 2.75) is 9.79 Å². The first-order chi connectivity index (χ1) is 19.4. The number of sulfone groups is 2. The quantitative estimate of drug-likeness (QED) is 0.239. The molecule has 0 bridgehead atoms. The minimum absolute atomic E-state index is 0.196. The van der Waals surface area contributed by atoms with Crippen LogP contribution in [0.25, 0.3) is 6.08 Å². The minimum Gasteiger partial charge on any atom is -0.223 e. The lowest BCUT2D eigenvalue weighted by atomic mass is 10.1. The Labute approximate surface area is 235 Å². The van der Waals surface area contributed by atoms with Crippen LogP contribution in [0, 0.1) is 35.5 Å². The molecule has 4 nitrogen and oxygen atoms in total.